The highest BCUT2D eigenvalue weighted by atomic mass is 32.2. The Morgan fingerprint density at radius 1 is 1.26 bits per heavy atom. The molecule has 0 radical (unpaired) electrons. The van der Waals surface area contributed by atoms with E-state index in [1.807, 2.05) is 36.4 Å². The van der Waals surface area contributed by atoms with Gasteiger partial charge in [-0.2, -0.15) is 4.31 Å². The average Bonchev–Trinajstić information content (AvgIpc) is 3.20. The summed E-state index contributed by atoms with van der Waals surface area (Å²) in [6.07, 6.45) is 3.58. The monoisotopic (exact) mass is 337 g/mol. The van der Waals surface area contributed by atoms with Gasteiger partial charge in [0.1, 0.15) is 6.04 Å². The molecular formula is C17H23NO4S. The highest BCUT2D eigenvalue weighted by Crippen LogP contribution is 2.39. The Labute approximate surface area is 138 Å². The van der Waals surface area contributed by atoms with Gasteiger partial charge in [0.25, 0.3) is 0 Å². The van der Waals surface area contributed by atoms with Crippen molar-refractivity contribution in [1.82, 2.24) is 4.31 Å². The Hall–Kier alpha value is -1.66. The number of ether oxygens (including phenoxy) is 1. The molecule has 3 atom stereocenters. The van der Waals surface area contributed by atoms with Crippen LogP contribution in [0.2, 0.25) is 0 Å². The van der Waals surface area contributed by atoms with E-state index in [0.29, 0.717) is 0 Å². The van der Waals surface area contributed by atoms with Gasteiger partial charge in [-0.15, -0.1) is 0 Å². The number of hydrogen-bond acceptors (Lipinski definition) is 4. The molecule has 5 nitrogen and oxygen atoms in total. The van der Waals surface area contributed by atoms with Crippen molar-refractivity contribution in [3.63, 3.8) is 0 Å². The van der Waals surface area contributed by atoms with Gasteiger partial charge in [-0.3, -0.25) is 4.79 Å². The second-order valence-corrected chi connectivity index (χ2v) is 9.00. The molecule has 0 spiro atoms. The Morgan fingerprint density at radius 2 is 1.87 bits per heavy atom. The van der Waals surface area contributed by atoms with E-state index in [4.69, 9.17) is 4.74 Å². The van der Waals surface area contributed by atoms with E-state index in [-0.39, 0.29) is 6.61 Å². The van der Waals surface area contributed by atoms with Crippen molar-refractivity contribution in [3.8, 4) is 0 Å². The van der Waals surface area contributed by atoms with Crippen LogP contribution in [0, 0.1) is 0 Å². The molecule has 1 aromatic rings. The first-order chi connectivity index (χ1) is 10.7. The summed E-state index contributed by atoms with van der Waals surface area (Å²) in [5.74, 6) is -0.497. The molecule has 1 fully saturated rings. The predicted octanol–water partition coefficient (Wildman–Crippen LogP) is 2.44. The molecule has 23 heavy (non-hydrogen) atoms. The molecule has 1 heterocycles. The van der Waals surface area contributed by atoms with Gasteiger partial charge in [0.2, 0.25) is 10.0 Å². The molecule has 0 saturated carbocycles. The van der Waals surface area contributed by atoms with Crippen LogP contribution in [-0.4, -0.2) is 42.1 Å². The van der Waals surface area contributed by atoms with Crippen LogP contribution >= 0.6 is 0 Å². The Kier molecular flexibility index (Phi) is 4.96. The normalized spacial score (nSPS) is 24.6. The first-order valence-corrected chi connectivity index (χ1v) is 9.07. The third-order valence-corrected chi connectivity index (χ3v) is 6.24. The van der Waals surface area contributed by atoms with Crippen LogP contribution in [0.1, 0.15) is 33.3 Å². The number of esters is 1. The van der Waals surface area contributed by atoms with Crippen molar-refractivity contribution in [2.45, 2.75) is 44.5 Å². The summed E-state index contributed by atoms with van der Waals surface area (Å²) < 4.78 is 30.6. The van der Waals surface area contributed by atoms with Crippen LogP contribution in [-0.2, 0) is 19.6 Å². The molecule has 1 unspecified atom stereocenters. The number of nitrogens with zero attached hydrogens (tertiary/aromatic N) is 1. The largest absolute Gasteiger partial charge is 0.465 e. The lowest BCUT2D eigenvalue weighted by molar-refractivity contribution is -0.143. The van der Waals surface area contributed by atoms with E-state index in [1.165, 1.54) is 4.31 Å². The molecule has 0 aromatic heterocycles. The number of carbonyl (C=O) groups excluding carboxylic acids is 1. The van der Waals surface area contributed by atoms with E-state index in [1.54, 1.807) is 33.8 Å². The summed E-state index contributed by atoms with van der Waals surface area (Å²) in [4.78, 5) is 12.0. The fraction of sp³-hybridized carbons (Fsp3) is 0.471. The van der Waals surface area contributed by atoms with E-state index in [9.17, 15) is 13.2 Å². The molecular weight excluding hydrogens is 314 g/mol. The Balaban J connectivity index is 2.25. The molecule has 0 bridgehead atoms. The second kappa shape index (κ2) is 6.45. The van der Waals surface area contributed by atoms with Gasteiger partial charge in [-0.25, -0.2) is 8.42 Å². The van der Waals surface area contributed by atoms with Crippen LogP contribution in [0.3, 0.4) is 0 Å². The fourth-order valence-corrected chi connectivity index (χ4v) is 3.88. The topological polar surface area (TPSA) is 63.5 Å². The molecule has 126 valence electrons. The molecule has 1 aromatic carbocycles. The van der Waals surface area contributed by atoms with Gasteiger partial charge in [-0.05, 0) is 33.3 Å². The zero-order valence-corrected chi connectivity index (χ0v) is 14.7. The minimum atomic E-state index is -3.59. The van der Waals surface area contributed by atoms with E-state index in [0.717, 1.165) is 5.56 Å². The van der Waals surface area contributed by atoms with Gasteiger partial charge in [0.05, 0.1) is 17.4 Å². The first kappa shape index (κ1) is 17.7. The number of hydrogen-bond donors (Lipinski definition) is 0. The van der Waals surface area contributed by atoms with Crippen LogP contribution in [0.5, 0.6) is 0 Å². The third kappa shape index (κ3) is 3.64. The molecule has 2 rings (SSSR count). The lowest BCUT2D eigenvalue weighted by atomic mass is 10.2. The molecule has 1 aliphatic rings. The minimum Gasteiger partial charge on any atom is -0.465 e. The number of sulfonamides is 1. The van der Waals surface area contributed by atoms with E-state index in [2.05, 4.69) is 0 Å². The predicted molar refractivity (Wildman–Crippen MR) is 90.2 cm³/mol. The minimum absolute atomic E-state index is 0.230. The van der Waals surface area contributed by atoms with Crippen LogP contribution in [0.25, 0.3) is 6.08 Å². The third-order valence-electron chi connectivity index (χ3n) is 3.67. The van der Waals surface area contributed by atoms with Crippen LogP contribution < -0.4 is 0 Å². The summed E-state index contributed by atoms with van der Waals surface area (Å²) in [7, 11) is -3.59. The standard InChI is InChI=1S/C17H23NO4S/c1-5-22-16(19)15-14(12-11-13-9-7-6-8-10-13)18(15)23(20,21)17(2,3)4/h6-12,14-15H,5H2,1-4H3/b12-11+/t14-,15+,18?/m0/s1. The highest BCUT2D eigenvalue weighted by molar-refractivity contribution is 7.90. The number of rotatable bonds is 5. The van der Waals surface area contributed by atoms with Crippen molar-refractivity contribution in [3.05, 3.63) is 42.0 Å². The maximum absolute atomic E-state index is 12.6. The average molecular weight is 337 g/mol. The van der Waals surface area contributed by atoms with Gasteiger partial charge >= 0.3 is 5.97 Å². The second-order valence-electron chi connectivity index (χ2n) is 6.40. The summed E-state index contributed by atoms with van der Waals surface area (Å²) in [5, 5.41) is 0. The zero-order valence-electron chi connectivity index (χ0n) is 13.9. The van der Waals surface area contributed by atoms with Gasteiger partial charge in [0.15, 0.2) is 0 Å². The summed E-state index contributed by atoms with van der Waals surface area (Å²) in [6, 6.07) is 8.30. The SMILES string of the molecule is CCOC(=O)[C@H]1[C@H](/C=C/c2ccccc2)N1S(=O)(=O)C(C)(C)C. The quantitative estimate of drug-likeness (QED) is 0.611. The number of carbonyl (C=O) groups is 1. The zero-order chi connectivity index (χ0) is 17.3. The molecule has 1 aliphatic heterocycles. The Bertz CT molecular complexity index is 689. The van der Waals surface area contributed by atoms with Gasteiger partial charge in [-0.1, -0.05) is 42.5 Å². The lowest BCUT2D eigenvalue weighted by Gasteiger charge is -2.20. The van der Waals surface area contributed by atoms with Crippen LogP contribution in [0.15, 0.2) is 36.4 Å². The van der Waals surface area contributed by atoms with Crippen molar-refractivity contribution in [1.29, 1.82) is 0 Å². The molecule has 0 amide bonds. The smallest absolute Gasteiger partial charge is 0.326 e. The summed E-state index contributed by atoms with van der Waals surface area (Å²) >= 11 is 0. The van der Waals surface area contributed by atoms with Crippen molar-refractivity contribution in [2.24, 2.45) is 0 Å². The fourth-order valence-electron chi connectivity index (χ4n) is 2.29. The Morgan fingerprint density at radius 3 is 2.39 bits per heavy atom. The first-order valence-electron chi connectivity index (χ1n) is 7.63. The molecule has 0 aliphatic carbocycles. The highest BCUT2D eigenvalue weighted by Gasteiger charge is 2.61. The molecule has 1 saturated heterocycles. The van der Waals surface area contributed by atoms with Crippen molar-refractivity contribution < 1.29 is 17.9 Å². The maximum Gasteiger partial charge on any atom is 0.326 e. The lowest BCUT2D eigenvalue weighted by Crippen LogP contribution is -2.36. The van der Waals surface area contributed by atoms with Gasteiger partial charge in [0, 0.05) is 0 Å². The van der Waals surface area contributed by atoms with Crippen molar-refractivity contribution >= 4 is 22.1 Å². The summed E-state index contributed by atoms with van der Waals surface area (Å²) in [6.45, 7) is 6.81. The van der Waals surface area contributed by atoms with E-state index < -0.39 is 32.8 Å². The summed E-state index contributed by atoms with van der Waals surface area (Å²) in [5.41, 5.74) is 0.954. The molecule has 0 N–H and O–H groups in total. The van der Waals surface area contributed by atoms with E-state index >= 15 is 0 Å². The van der Waals surface area contributed by atoms with Crippen molar-refractivity contribution in [2.75, 3.05) is 6.61 Å². The van der Waals surface area contributed by atoms with Crippen LogP contribution in [0.4, 0.5) is 0 Å². The number of benzene rings is 1. The molecule has 6 heteroatoms. The maximum atomic E-state index is 12.6. The van der Waals surface area contributed by atoms with Gasteiger partial charge < -0.3 is 4.74 Å².